The normalized spacial score (nSPS) is 18.6. The van der Waals surface area contributed by atoms with Crippen molar-refractivity contribution in [2.75, 3.05) is 7.11 Å². The summed E-state index contributed by atoms with van der Waals surface area (Å²) in [5, 5.41) is 0. The van der Waals surface area contributed by atoms with E-state index in [1.54, 1.807) is 7.11 Å². The van der Waals surface area contributed by atoms with Crippen LogP contribution in [0.5, 0.6) is 5.75 Å². The van der Waals surface area contributed by atoms with Gasteiger partial charge in [-0.2, -0.15) is 0 Å². The van der Waals surface area contributed by atoms with Crippen LogP contribution >= 0.6 is 0 Å². The number of ketones is 1. The van der Waals surface area contributed by atoms with E-state index in [0.717, 1.165) is 28.0 Å². The highest BCUT2D eigenvalue weighted by atomic mass is 16.6. The highest BCUT2D eigenvalue weighted by molar-refractivity contribution is 6.11. The number of ether oxygens (including phenoxy) is 2. The number of carbonyl (C=O) groups is 2. The van der Waals surface area contributed by atoms with E-state index in [9.17, 15) is 9.59 Å². The van der Waals surface area contributed by atoms with Gasteiger partial charge in [0.1, 0.15) is 11.7 Å². The van der Waals surface area contributed by atoms with Crippen LogP contribution in [0.15, 0.2) is 72.8 Å². The van der Waals surface area contributed by atoms with Crippen molar-refractivity contribution >= 4 is 11.8 Å². The van der Waals surface area contributed by atoms with E-state index in [4.69, 9.17) is 9.47 Å². The molecule has 2 unspecified atom stereocenters. The second kappa shape index (κ2) is 7.92. The van der Waals surface area contributed by atoms with Crippen molar-refractivity contribution < 1.29 is 19.1 Å². The molecule has 3 aromatic rings. The number of aryl methyl sites for hydroxylation is 1. The van der Waals surface area contributed by atoms with E-state index in [-0.39, 0.29) is 5.78 Å². The summed E-state index contributed by atoms with van der Waals surface area (Å²) in [6.45, 7) is 2.02. The smallest absolute Gasteiger partial charge is 0.322 e. The summed E-state index contributed by atoms with van der Waals surface area (Å²) in [6.07, 6.45) is -0.119. The first-order valence-corrected chi connectivity index (χ1v) is 9.68. The first-order valence-electron chi connectivity index (χ1n) is 9.68. The minimum atomic E-state index is -0.875. The van der Waals surface area contributed by atoms with Crippen molar-refractivity contribution in [3.05, 3.63) is 89.5 Å². The Labute approximate surface area is 170 Å². The molecule has 146 valence electrons. The number of carbonyl (C=O) groups excluding carboxylic acids is 2. The molecule has 2 atom stereocenters. The van der Waals surface area contributed by atoms with Gasteiger partial charge in [-0.25, -0.2) is 0 Å². The van der Waals surface area contributed by atoms with Crippen LogP contribution in [0.4, 0.5) is 0 Å². The Balaban J connectivity index is 1.67. The fourth-order valence-corrected chi connectivity index (χ4v) is 3.81. The first-order chi connectivity index (χ1) is 14.1. The van der Waals surface area contributed by atoms with Crippen LogP contribution in [0.25, 0.3) is 11.1 Å². The van der Waals surface area contributed by atoms with Gasteiger partial charge in [0.2, 0.25) is 0 Å². The quantitative estimate of drug-likeness (QED) is 0.463. The summed E-state index contributed by atoms with van der Waals surface area (Å²) < 4.78 is 10.7. The maximum atomic E-state index is 13.1. The van der Waals surface area contributed by atoms with E-state index < -0.39 is 18.0 Å². The highest BCUT2D eigenvalue weighted by Gasteiger charge is 2.45. The molecule has 0 N–H and O–H groups in total. The summed E-state index contributed by atoms with van der Waals surface area (Å²) in [4.78, 5) is 25.7. The molecule has 4 heteroatoms. The lowest BCUT2D eigenvalue weighted by Gasteiger charge is -2.13. The molecule has 0 aromatic heterocycles. The molecule has 1 fully saturated rings. The lowest BCUT2D eigenvalue weighted by Crippen LogP contribution is -2.16. The third-order valence-electron chi connectivity index (χ3n) is 5.37. The average Bonchev–Trinajstić information content (AvgIpc) is 3.07. The molecule has 1 heterocycles. The number of cyclic esters (lactones) is 1. The minimum Gasteiger partial charge on any atom is -0.497 e. The summed E-state index contributed by atoms with van der Waals surface area (Å²) in [6, 6.07) is 22.9. The van der Waals surface area contributed by atoms with Crippen molar-refractivity contribution in [2.45, 2.75) is 25.4 Å². The van der Waals surface area contributed by atoms with Crippen molar-refractivity contribution in [1.82, 2.24) is 0 Å². The number of benzene rings is 3. The molecule has 0 bridgehead atoms. The Bertz CT molecular complexity index is 1040. The fourth-order valence-electron chi connectivity index (χ4n) is 3.81. The van der Waals surface area contributed by atoms with Crippen LogP contribution in [-0.4, -0.2) is 18.9 Å². The monoisotopic (exact) mass is 386 g/mol. The van der Waals surface area contributed by atoms with Crippen LogP contribution < -0.4 is 4.74 Å². The second-order valence-electron chi connectivity index (χ2n) is 7.06. The van der Waals surface area contributed by atoms with Gasteiger partial charge in [-0.05, 0) is 40.8 Å². The van der Waals surface area contributed by atoms with Gasteiger partial charge in [-0.15, -0.1) is 0 Å². The Morgan fingerprint density at radius 1 is 0.897 bits per heavy atom. The van der Waals surface area contributed by atoms with Gasteiger partial charge in [-0.1, -0.05) is 67.6 Å². The Kier molecular flexibility index (Phi) is 5.17. The van der Waals surface area contributed by atoms with E-state index in [1.807, 2.05) is 79.7 Å². The van der Waals surface area contributed by atoms with Crippen LogP contribution in [0.3, 0.4) is 0 Å². The van der Waals surface area contributed by atoms with Gasteiger partial charge < -0.3 is 9.47 Å². The number of hydrogen-bond acceptors (Lipinski definition) is 4. The lowest BCUT2D eigenvalue weighted by atomic mass is 9.86. The molecule has 1 saturated heterocycles. The molecule has 0 spiro atoms. The topological polar surface area (TPSA) is 52.6 Å². The molecule has 0 saturated carbocycles. The maximum Gasteiger partial charge on any atom is 0.322 e. The van der Waals surface area contributed by atoms with Gasteiger partial charge in [-0.3, -0.25) is 9.59 Å². The predicted octanol–water partition coefficient (Wildman–Crippen LogP) is 4.88. The fraction of sp³-hybridized carbons (Fsp3) is 0.200. The van der Waals surface area contributed by atoms with Crippen LogP contribution in [0.1, 0.15) is 35.6 Å². The Hall–Kier alpha value is -3.40. The van der Waals surface area contributed by atoms with Crippen molar-refractivity contribution in [2.24, 2.45) is 0 Å². The third kappa shape index (κ3) is 3.54. The highest BCUT2D eigenvalue weighted by Crippen LogP contribution is 2.38. The third-order valence-corrected chi connectivity index (χ3v) is 5.37. The van der Waals surface area contributed by atoms with Gasteiger partial charge in [0.05, 0.1) is 7.11 Å². The first kappa shape index (κ1) is 18.9. The van der Waals surface area contributed by atoms with E-state index in [2.05, 4.69) is 0 Å². The molecule has 4 rings (SSSR count). The number of rotatable bonds is 5. The molecular weight excluding hydrogens is 364 g/mol. The molecule has 29 heavy (non-hydrogen) atoms. The summed E-state index contributed by atoms with van der Waals surface area (Å²) in [5.41, 5.74) is 4.50. The van der Waals surface area contributed by atoms with Crippen molar-refractivity contribution in [3.63, 3.8) is 0 Å². The minimum absolute atomic E-state index is 0.201. The molecule has 1 aliphatic rings. The summed E-state index contributed by atoms with van der Waals surface area (Å²) in [7, 11) is 1.64. The van der Waals surface area contributed by atoms with Crippen LogP contribution in [0.2, 0.25) is 0 Å². The van der Waals surface area contributed by atoms with E-state index >= 15 is 0 Å². The zero-order valence-electron chi connectivity index (χ0n) is 16.4. The zero-order valence-corrected chi connectivity index (χ0v) is 16.4. The molecule has 1 aliphatic heterocycles. The predicted molar refractivity (Wildman–Crippen MR) is 111 cm³/mol. The van der Waals surface area contributed by atoms with Gasteiger partial charge in [0.25, 0.3) is 0 Å². The zero-order chi connectivity index (χ0) is 20.4. The molecule has 4 nitrogen and oxygen atoms in total. The maximum absolute atomic E-state index is 13.1. The summed E-state index contributed by atoms with van der Waals surface area (Å²) in [5.74, 6) is -0.753. The Morgan fingerprint density at radius 2 is 1.59 bits per heavy atom. The number of hydrogen-bond donors (Lipinski definition) is 0. The standard InChI is InChI=1S/C25H22O4/c1-3-16-15-19(17-9-12-20(28-2)13-10-17)11-14-21(16)22-23(26)24(29-25(22)27)18-7-5-4-6-8-18/h4-15,22,24H,3H2,1-2H3. The number of methoxy groups -OCH3 is 1. The molecule has 3 aromatic carbocycles. The largest absolute Gasteiger partial charge is 0.497 e. The van der Waals surface area contributed by atoms with Crippen LogP contribution in [-0.2, 0) is 20.7 Å². The SMILES string of the molecule is CCc1cc(-c2ccc(OC)cc2)ccc1C1C(=O)OC(c2ccccc2)C1=O. The van der Waals surface area contributed by atoms with E-state index in [0.29, 0.717) is 12.0 Å². The molecular formula is C25H22O4. The second-order valence-corrected chi connectivity index (χ2v) is 7.06. The van der Waals surface area contributed by atoms with Gasteiger partial charge in [0, 0.05) is 5.56 Å². The van der Waals surface area contributed by atoms with Crippen molar-refractivity contribution in [1.29, 1.82) is 0 Å². The van der Waals surface area contributed by atoms with Gasteiger partial charge in [0.15, 0.2) is 11.9 Å². The van der Waals surface area contributed by atoms with Crippen molar-refractivity contribution in [3.8, 4) is 16.9 Å². The Morgan fingerprint density at radius 3 is 2.24 bits per heavy atom. The van der Waals surface area contributed by atoms with Crippen LogP contribution in [0, 0.1) is 0 Å². The van der Waals surface area contributed by atoms with E-state index in [1.165, 1.54) is 0 Å². The average molecular weight is 386 g/mol. The molecule has 0 amide bonds. The number of esters is 1. The van der Waals surface area contributed by atoms with Gasteiger partial charge >= 0.3 is 5.97 Å². The summed E-state index contributed by atoms with van der Waals surface area (Å²) >= 11 is 0. The number of Topliss-reactive ketones (excluding diaryl/α,β-unsaturated/α-hetero) is 1. The lowest BCUT2D eigenvalue weighted by molar-refractivity contribution is -0.143. The molecule has 0 radical (unpaired) electrons. The molecule has 0 aliphatic carbocycles.